The van der Waals surface area contributed by atoms with Gasteiger partial charge in [0.1, 0.15) is 6.54 Å². The van der Waals surface area contributed by atoms with Crippen LogP contribution in [0.3, 0.4) is 0 Å². The normalized spacial score (nSPS) is 12.5. The van der Waals surface area contributed by atoms with Crippen LogP contribution in [0.1, 0.15) is 16.4 Å². The molecule has 13 nitrogen and oxygen atoms in total. The lowest BCUT2D eigenvalue weighted by atomic mass is 10.2. The molecule has 4 aromatic rings. The summed E-state index contributed by atoms with van der Waals surface area (Å²) in [5.74, 6) is -2.66. The summed E-state index contributed by atoms with van der Waals surface area (Å²) < 4.78 is 46.4. The molecular formula is C20H16ClF3N8O5. The van der Waals surface area contributed by atoms with E-state index in [1.165, 1.54) is 43.8 Å². The van der Waals surface area contributed by atoms with Crippen molar-refractivity contribution in [1.29, 1.82) is 0 Å². The number of nitrogens with zero attached hydrogens (tertiary/aromatic N) is 8. The van der Waals surface area contributed by atoms with E-state index in [1.807, 2.05) is 0 Å². The number of carbonyl (C=O) groups is 1. The first kappa shape index (κ1) is 25.8. The van der Waals surface area contributed by atoms with Crippen LogP contribution in [-0.2, 0) is 13.1 Å². The molecule has 0 saturated carbocycles. The van der Waals surface area contributed by atoms with Gasteiger partial charge in [0.2, 0.25) is 11.6 Å². The van der Waals surface area contributed by atoms with Gasteiger partial charge in [0.25, 0.3) is 5.88 Å². The number of aromatic carboxylic acids is 1. The molecule has 0 fully saturated rings. The Balaban J connectivity index is 1.79. The number of carboxylic acid groups (broad SMARTS) is 1. The predicted octanol–water partition coefficient (Wildman–Crippen LogP) is 1.41. The molecule has 0 amide bonds. The standard InChI is InChI=1S/C20H16ClF3N8O5/c1-37-17-15(25-6-7-26-17)32-16(18(34)35)27-13(28-32)9-31-19(36)30(8-12(33)20(22,23)24)14(29-31)10-2-4-11(21)5-3-10/h2-7,12,33H,8-9H2,1H3,(H,34,35). The molecule has 1 unspecified atom stereocenters. The molecule has 4 rings (SSSR count). The van der Waals surface area contributed by atoms with Gasteiger partial charge in [0.15, 0.2) is 17.8 Å². The molecule has 1 aromatic carbocycles. The number of carboxylic acids is 1. The van der Waals surface area contributed by atoms with Crippen molar-refractivity contribution in [2.45, 2.75) is 25.4 Å². The summed E-state index contributed by atoms with van der Waals surface area (Å²) in [5.41, 5.74) is -0.790. The van der Waals surface area contributed by atoms with Crippen molar-refractivity contribution in [2.24, 2.45) is 0 Å². The number of halogens is 4. The van der Waals surface area contributed by atoms with Crippen LogP contribution in [0, 0.1) is 0 Å². The van der Waals surface area contributed by atoms with Crippen molar-refractivity contribution < 1.29 is 32.9 Å². The maximum absolute atomic E-state index is 13.0. The zero-order chi connectivity index (χ0) is 26.9. The predicted molar refractivity (Wildman–Crippen MR) is 119 cm³/mol. The fourth-order valence-electron chi connectivity index (χ4n) is 3.25. The summed E-state index contributed by atoms with van der Waals surface area (Å²) in [6.45, 7) is -1.66. The summed E-state index contributed by atoms with van der Waals surface area (Å²) in [7, 11) is 1.28. The third-order valence-corrected chi connectivity index (χ3v) is 5.18. The van der Waals surface area contributed by atoms with E-state index >= 15 is 0 Å². The highest BCUT2D eigenvalue weighted by atomic mass is 35.5. The zero-order valence-electron chi connectivity index (χ0n) is 18.7. The molecule has 0 bridgehead atoms. The van der Waals surface area contributed by atoms with Crippen molar-refractivity contribution >= 4 is 17.6 Å². The molecule has 37 heavy (non-hydrogen) atoms. The largest absolute Gasteiger partial charge is 0.478 e. The van der Waals surface area contributed by atoms with Crippen LogP contribution >= 0.6 is 11.6 Å². The summed E-state index contributed by atoms with van der Waals surface area (Å²) in [6.07, 6.45) is -5.28. The van der Waals surface area contributed by atoms with Gasteiger partial charge in [-0.1, -0.05) is 11.6 Å². The van der Waals surface area contributed by atoms with Crippen LogP contribution in [0.2, 0.25) is 5.02 Å². The smallest absolute Gasteiger partial charge is 0.416 e. The van der Waals surface area contributed by atoms with E-state index in [1.54, 1.807) is 0 Å². The first-order chi connectivity index (χ1) is 17.5. The molecule has 0 spiro atoms. The average Bonchev–Trinajstić information content (AvgIpc) is 3.41. The Kier molecular flexibility index (Phi) is 6.95. The Labute approximate surface area is 209 Å². The van der Waals surface area contributed by atoms with Crippen molar-refractivity contribution in [1.82, 2.24) is 39.1 Å². The third-order valence-electron chi connectivity index (χ3n) is 4.93. The lowest BCUT2D eigenvalue weighted by Crippen LogP contribution is -2.37. The van der Waals surface area contributed by atoms with Gasteiger partial charge in [-0.15, -0.1) is 10.2 Å². The zero-order valence-corrected chi connectivity index (χ0v) is 19.4. The van der Waals surface area contributed by atoms with E-state index in [9.17, 15) is 33.0 Å². The quantitative estimate of drug-likeness (QED) is 0.334. The first-order valence-electron chi connectivity index (χ1n) is 10.2. The number of aliphatic hydroxyl groups excluding tert-OH is 1. The molecule has 2 N–H and O–H groups in total. The minimum atomic E-state index is -4.99. The van der Waals surface area contributed by atoms with E-state index in [0.717, 1.165) is 9.36 Å². The van der Waals surface area contributed by atoms with Gasteiger partial charge in [0.05, 0.1) is 13.7 Å². The fraction of sp³-hybridized carbons (Fsp3) is 0.250. The van der Waals surface area contributed by atoms with Crippen molar-refractivity contribution in [3.63, 3.8) is 0 Å². The van der Waals surface area contributed by atoms with Crippen LogP contribution in [0.15, 0.2) is 41.5 Å². The Bertz CT molecular complexity index is 1500. The number of methoxy groups -OCH3 is 1. The topological polar surface area (TPSA) is 163 Å². The minimum Gasteiger partial charge on any atom is -0.478 e. The van der Waals surface area contributed by atoms with E-state index in [4.69, 9.17) is 16.3 Å². The van der Waals surface area contributed by atoms with Gasteiger partial charge in [-0.05, 0) is 24.3 Å². The molecule has 0 aliphatic rings. The van der Waals surface area contributed by atoms with Crippen LogP contribution in [0.5, 0.6) is 5.88 Å². The fourth-order valence-corrected chi connectivity index (χ4v) is 3.37. The molecule has 0 aliphatic heterocycles. The number of aromatic nitrogens is 8. The van der Waals surface area contributed by atoms with E-state index in [-0.39, 0.29) is 28.9 Å². The monoisotopic (exact) mass is 540 g/mol. The maximum Gasteiger partial charge on any atom is 0.416 e. The molecule has 0 saturated heterocycles. The Morgan fingerprint density at radius 2 is 1.84 bits per heavy atom. The molecule has 3 aromatic heterocycles. The summed E-state index contributed by atoms with van der Waals surface area (Å²) in [4.78, 5) is 36.6. The van der Waals surface area contributed by atoms with Crippen LogP contribution < -0.4 is 10.4 Å². The third kappa shape index (κ3) is 5.29. The molecule has 0 aliphatic carbocycles. The van der Waals surface area contributed by atoms with Gasteiger partial charge in [-0.25, -0.2) is 29.2 Å². The van der Waals surface area contributed by atoms with Crippen molar-refractivity contribution in [3.8, 4) is 23.1 Å². The number of ether oxygens (including phenoxy) is 1. The molecule has 17 heteroatoms. The summed E-state index contributed by atoms with van der Waals surface area (Å²) >= 11 is 5.87. The second-order valence-electron chi connectivity index (χ2n) is 7.40. The highest BCUT2D eigenvalue weighted by Crippen LogP contribution is 2.24. The number of benzene rings is 1. The Morgan fingerprint density at radius 3 is 2.46 bits per heavy atom. The number of rotatable bonds is 8. The second kappa shape index (κ2) is 9.98. The van der Waals surface area contributed by atoms with Gasteiger partial charge < -0.3 is 14.9 Å². The van der Waals surface area contributed by atoms with Gasteiger partial charge >= 0.3 is 17.8 Å². The number of alkyl halides is 3. The van der Waals surface area contributed by atoms with Crippen LogP contribution in [0.4, 0.5) is 13.2 Å². The molecular weight excluding hydrogens is 525 g/mol. The van der Waals surface area contributed by atoms with Crippen LogP contribution in [0.25, 0.3) is 17.2 Å². The van der Waals surface area contributed by atoms with E-state index < -0.39 is 42.9 Å². The first-order valence-corrected chi connectivity index (χ1v) is 10.6. The summed E-state index contributed by atoms with van der Waals surface area (Å²) in [5, 5.41) is 27.6. The van der Waals surface area contributed by atoms with Crippen molar-refractivity contribution in [3.05, 3.63) is 63.8 Å². The summed E-state index contributed by atoms with van der Waals surface area (Å²) in [6, 6.07) is 5.75. The van der Waals surface area contributed by atoms with Gasteiger partial charge in [-0.3, -0.25) is 4.57 Å². The highest BCUT2D eigenvalue weighted by molar-refractivity contribution is 6.30. The second-order valence-corrected chi connectivity index (χ2v) is 7.83. The molecule has 194 valence electrons. The lowest BCUT2D eigenvalue weighted by Gasteiger charge is -2.15. The van der Waals surface area contributed by atoms with E-state index in [2.05, 4.69) is 25.1 Å². The Morgan fingerprint density at radius 1 is 1.16 bits per heavy atom. The van der Waals surface area contributed by atoms with Gasteiger partial charge in [0, 0.05) is 23.0 Å². The van der Waals surface area contributed by atoms with Crippen LogP contribution in [-0.4, -0.2) is 74.7 Å². The average molecular weight is 541 g/mol. The SMILES string of the molecule is COc1nccnc1-n1nc(Cn2nc(-c3ccc(Cl)cc3)n(CC(O)C(F)(F)F)c2=O)nc1C(=O)O. The number of aliphatic hydroxyl groups is 1. The molecule has 0 radical (unpaired) electrons. The minimum absolute atomic E-state index is 0.0611. The molecule has 1 atom stereocenters. The van der Waals surface area contributed by atoms with Gasteiger partial charge in [-0.2, -0.15) is 17.9 Å². The van der Waals surface area contributed by atoms with E-state index in [0.29, 0.717) is 9.59 Å². The highest BCUT2D eigenvalue weighted by Gasteiger charge is 2.39. The number of hydrogen-bond acceptors (Lipinski definition) is 9. The maximum atomic E-state index is 13.0. The van der Waals surface area contributed by atoms with Crippen molar-refractivity contribution in [2.75, 3.05) is 7.11 Å². The lowest BCUT2D eigenvalue weighted by molar-refractivity contribution is -0.207. The number of hydrogen-bond donors (Lipinski definition) is 2. The molecule has 3 heterocycles. The Hall–Kier alpha value is -4.31.